The van der Waals surface area contributed by atoms with Gasteiger partial charge in [-0.15, -0.1) is 0 Å². The molecule has 0 bridgehead atoms. The third-order valence-corrected chi connectivity index (χ3v) is 6.55. The van der Waals surface area contributed by atoms with Crippen molar-refractivity contribution in [3.05, 3.63) is 29.3 Å². The molecule has 5 nitrogen and oxygen atoms in total. The van der Waals surface area contributed by atoms with Gasteiger partial charge >= 0.3 is 0 Å². The first-order chi connectivity index (χ1) is 13.2. The maximum atomic E-state index is 13.0. The number of hydrogen-bond acceptors (Lipinski definition) is 4. The van der Waals surface area contributed by atoms with Gasteiger partial charge in [0.25, 0.3) is 0 Å². The van der Waals surface area contributed by atoms with Gasteiger partial charge in [0.1, 0.15) is 11.5 Å². The molecule has 1 aromatic carbocycles. The zero-order valence-corrected chi connectivity index (χ0v) is 16.2. The molecule has 1 amide bonds. The van der Waals surface area contributed by atoms with E-state index in [1.165, 1.54) is 11.1 Å². The van der Waals surface area contributed by atoms with E-state index in [-0.39, 0.29) is 23.7 Å². The molecular formula is C22H30N2O3. The van der Waals surface area contributed by atoms with Gasteiger partial charge in [0.05, 0.1) is 13.2 Å². The lowest BCUT2D eigenvalue weighted by molar-refractivity contribution is -0.136. The minimum absolute atomic E-state index is 0.143. The number of amides is 1. The lowest BCUT2D eigenvalue weighted by Gasteiger charge is -2.27. The molecule has 5 heteroatoms. The Hall–Kier alpha value is -1.88. The van der Waals surface area contributed by atoms with Gasteiger partial charge in [-0.1, -0.05) is 6.07 Å². The first kappa shape index (κ1) is 18.5. The summed E-state index contributed by atoms with van der Waals surface area (Å²) in [6.07, 6.45) is 6.56. The van der Waals surface area contributed by atoms with Crippen molar-refractivity contribution in [3.63, 3.8) is 0 Å². The molecule has 1 N–H and O–H groups in total. The number of Topliss-reactive ketones (excluding diaryl/α,β-unsaturated/α-hetero) is 1. The largest absolute Gasteiger partial charge is 0.497 e. The van der Waals surface area contributed by atoms with Crippen molar-refractivity contribution in [2.75, 3.05) is 26.7 Å². The molecule has 1 aliphatic carbocycles. The van der Waals surface area contributed by atoms with Crippen molar-refractivity contribution in [2.45, 2.75) is 51.0 Å². The Labute approximate surface area is 161 Å². The predicted molar refractivity (Wildman–Crippen MR) is 104 cm³/mol. The monoisotopic (exact) mass is 370 g/mol. The van der Waals surface area contributed by atoms with Gasteiger partial charge in [-0.2, -0.15) is 0 Å². The molecule has 146 valence electrons. The highest BCUT2D eigenvalue weighted by Crippen LogP contribution is 2.32. The Morgan fingerprint density at radius 1 is 1.19 bits per heavy atom. The molecule has 2 fully saturated rings. The molecular weight excluding hydrogens is 340 g/mol. The van der Waals surface area contributed by atoms with E-state index in [9.17, 15) is 9.59 Å². The Morgan fingerprint density at radius 2 is 2.00 bits per heavy atom. The third-order valence-electron chi connectivity index (χ3n) is 6.55. The fraction of sp³-hybridized carbons (Fsp3) is 0.636. The number of carbonyl (C=O) groups is 2. The second kappa shape index (κ2) is 8.01. The standard InChI is InChI=1S/C22H30N2O3/c1-27-18-7-6-16-12-15(4-5-17(16)14-18)13-20(25)19-8-9-23-21(19)22(26)24-10-2-3-11-24/h6-7,14-15,19,21,23H,2-5,8-13H2,1H3/t15?,19?,21-/m1/s1. The number of rotatable bonds is 5. The number of ether oxygens (including phenoxy) is 1. The number of aryl methyl sites for hydroxylation is 1. The van der Waals surface area contributed by atoms with E-state index in [2.05, 4.69) is 17.4 Å². The number of benzene rings is 1. The van der Waals surface area contributed by atoms with E-state index in [1.807, 2.05) is 11.0 Å². The van der Waals surface area contributed by atoms with Crippen LogP contribution in [0.25, 0.3) is 0 Å². The summed E-state index contributed by atoms with van der Waals surface area (Å²) in [5, 5.41) is 3.30. The highest BCUT2D eigenvalue weighted by molar-refractivity contribution is 5.92. The van der Waals surface area contributed by atoms with Crippen LogP contribution in [0.2, 0.25) is 0 Å². The first-order valence-electron chi connectivity index (χ1n) is 10.4. The average molecular weight is 370 g/mol. The van der Waals surface area contributed by atoms with Crippen LogP contribution in [-0.2, 0) is 22.4 Å². The van der Waals surface area contributed by atoms with Crippen molar-refractivity contribution in [3.8, 4) is 5.75 Å². The van der Waals surface area contributed by atoms with Crippen LogP contribution in [0.5, 0.6) is 5.75 Å². The van der Waals surface area contributed by atoms with Gasteiger partial charge in [-0.25, -0.2) is 0 Å². The summed E-state index contributed by atoms with van der Waals surface area (Å²) < 4.78 is 5.32. The molecule has 0 spiro atoms. The van der Waals surface area contributed by atoms with E-state index < -0.39 is 0 Å². The Morgan fingerprint density at radius 3 is 2.78 bits per heavy atom. The summed E-state index contributed by atoms with van der Waals surface area (Å²) in [4.78, 5) is 27.7. The summed E-state index contributed by atoms with van der Waals surface area (Å²) in [6.45, 7) is 2.47. The molecule has 0 saturated carbocycles. The normalized spacial score (nSPS) is 27.4. The quantitative estimate of drug-likeness (QED) is 0.864. The van der Waals surface area contributed by atoms with Crippen molar-refractivity contribution in [1.29, 1.82) is 0 Å². The van der Waals surface area contributed by atoms with E-state index in [0.29, 0.717) is 12.3 Å². The van der Waals surface area contributed by atoms with Gasteiger partial charge in [-0.05, 0) is 74.2 Å². The first-order valence-corrected chi connectivity index (χ1v) is 10.4. The molecule has 0 radical (unpaired) electrons. The number of fused-ring (bicyclic) bond motifs is 1. The summed E-state index contributed by atoms with van der Waals surface area (Å²) >= 11 is 0. The van der Waals surface area contributed by atoms with Gasteiger partial charge < -0.3 is 15.0 Å². The summed E-state index contributed by atoms with van der Waals surface area (Å²) in [7, 11) is 1.70. The van der Waals surface area contributed by atoms with Crippen LogP contribution < -0.4 is 10.1 Å². The van der Waals surface area contributed by atoms with Crippen LogP contribution in [0.15, 0.2) is 18.2 Å². The minimum Gasteiger partial charge on any atom is -0.497 e. The fourth-order valence-electron chi connectivity index (χ4n) is 4.99. The van der Waals surface area contributed by atoms with Crippen molar-refractivity contribution >= 4 is 11.7 Å². The lowest BCUT2D eigenvalue weighted by atomic mass is 9.79. The Bertz CT molecular complexity index is 712. The molecule has 3 atom stereocenters. The van der Waals surface area contributed by atoms with Crippen LogP contribution >= 0.6 is 0 Å². The topological polar surface area (TPSA) is 58.6 Å². The summed E-state index contributed by atoms with van der Waals surface area (Å²) in [5.41, 5.74) is 2.69. The average Bonchev–Trinajstić information content (AvgIpc) is 3.39. The number of nitrogens with zero attached hydrogens (tertiary/aromatic N) is 1. The number of nitrogens with one attached hydrogen (secondary N) is 1. The van der Waals surface area contributed by atoms with Crippen LogP contribution in [0.3, 0.4) is 0 Å². The predicted octanol–water partition coefficient (Wildman–Crippen LogP) is 2.36. The molecule has 3 aliphatic rings. The van der Waals surface area contributed by atoms with E-state index in [1.54, 1.807) is 7.11 Å². The van der Waals surface area contributed by atoms with Crippen molar-refractivity contribution < 1.29 is 14.3 Å². The smallest absolute Gasteiger partial charge is 0.240 e. The van der Waals surface area contributed by atoms with Crippen LogP contribution in [0, 0.1) is 11.8 Å². The van der Waals surface area contributed by atoms with E-state index in [0.717, 1.165) is 63.9 Å². The Kier molecular flexibility index (Phi) is 5.48. The number of likely N-dealkylation sites (tertiary alicyclic amines) is 1. The zero-order valence-electron chi connectivity index (χ0n) is 16.2. The summed E-state index contributed by atoms with van der Waals surface area (Å²) in [5.74, 6) is 1.57. The van der Waals surface area contributed by atoms with Gasteiger partial charge in [0.2, 0.25) is 5.91 Å². The third kappa shape index (κ3) is 3.88. The highest BCUT2D eigenvalue weighted by atomic mass is 16.5. The molecule has 2 aliphatic heterocycles. The fourth-order valence-corrected chi connectivity index (χ4v) is 4.99. The SMILES string of the molecule is COc1ccc2c(c1)CCC(CC(=O)C1CCN[C@H]1C(=O)N1CCCC1)C2. The maximum Gasteiger partial charge on any atom is 0.240 e. The van der Waals surface area contributed by atoms with Crippen LogP contribution in [0.4, 0.5) is 0 Å². The summed E-state index contributed by atoms with van der Waals surface area (Å²) in [6, 6.07) is 5.98. The number of hydrogen-bond donors (Lipinski definition) is 1. The van der Waals surface area contributed by atoms with Crippen molar-refractivity contribution in [1.82, 2.24) is 10.2 Å². The number of methoxy groups -OCH3 is 1. The number of carbonyl (C=O) groups excluding carboxylic acids is 2. The zero-order chi connectivity index (χ0) is 18.8. The molecule has 0 aromatic heterocycles. The molecule has 1 aromatic rings. The lowest BCUT2D eigenvalue weighted by Crippen LogP contribution is -2.47. The van der Waals surface area contributed by atoms with Crippen LogP contribution in [0.1, 0.15) is 43.2 Å². The van der Waals surface area contributed by atoms with E-state index >= 15 is 0 Å². The van der Waals surface area contributed by atoms with Gasteiger partial charge in [0, 0.05) is 25.4 Å². The van der Waals surface area contributed by atoms with Crippen molar-refractivity contribution in [2.24, 2.45) is 11.8 Å². The second-order valence-electron chi connectivity index (χ2n) is 8.27. The molecule has 4 rings (SSSR count). The van der Waals surface area contributed by atoms with Gasteiger partial charge in [-0.3, -0.25) is 9.59 Å². The molecule has 2 unspecified atom stereocenters. The Balaban J connectivity index is 1.37. The molecule has 2 saturated heterocycles. The van der Waals surface area contributed by atoms with Gasteiger partial charge in [0.15, 0.2) is 0 Å². The minimum atomic E-state index is -0.296. The molecule has 27 heavy (non-hydrogen) atoms. The molecule has 2 heterocycles. The second-order valence-corrected chi connectivity index (χ2v) is 8.27. The number of ketones is 1. The maximum absolute atomic E-state index is 13.0. The van der Waals surface area contributed by atoms with E-state index in [4.69, 9.17) is 4.74 Å². The highest BCUT2D eigenvalue weighted by Gasteiger charge is 2.40. The van der Waals surface area contributed by atoms with Crippen LogP contribution in [-0.4, -0.2) is 49.4 Å².